The van der Waals surface area contributed by atoms with E-state index in [4.69, 9.17) is 23.2 Å². The third-order valence-electron chi connectivity index (χ3n) is 2.37. The van der Waals surface area contributed by atoms with Crippen LogP contribution in [0.25, 0.3) is 0 Å². The van der Waals surface area contributed by atoms with Crippen LogP contribution in [0, 0.1) is 0 Å². The zero-order valence-corrected chi connectivity index (χ0v) is 11.2. The zero-order valence-electron chi connectivity index (χ0n) is 8.09. The highest BCUT2D eigenvalue weighted by Gasteiger charge is 2.30. The van der Waals surface area contributed by atoms with E-state index in [0.29, 0.717) is 16.9 Å². The van der Waals surface area contributed by atoms with Crippen LogP contribution >= 0.6 is 39.1 Å². The lowest BCUT2D eigenvalue weighted by Crippen LogP contribution is -2.28. The highest BCUT2D eigenvalue weighted by molar-refractivity contribution is 9.10. The van der Waals surface area contributed by atoms with E-state index in [1.807, 2.05) is 6.07 Å². The lowest BCUT2D eigenvalue weighted by atomic mass is 10.4. The van der Waals surface area contributed by atoms with E-state index < -0.39 is 0 Å². The van der Waals surface area contributed by atoms with Crippen molar-refractivity contribution in [2.75, 3.05) is 17.3 Å². The van der Waals surface area contributed by atoms with Crippen LogP contribution in [0.4, 0.5) is 5.82 Å². The second kappa shape index (κ2) is 4.89. The van der Waals surface area contributed by atoms with Gasteiger partial charge in [0.15, 0.2) is 0 Å². The molecule has 2 nitrogen and oxygen atoms in total. The summed E-state index contributed by atoms with van der Waals surface area (Å²) < 4.78 is 0.937. The average molecular weight is 310 g/mol. The van der Waals surface area contributed by atoms with Crippen LogP contribution in [0.5, 0.6) is 0 Å². The first-order valence-corrected chi connectivity index (χ1v) is 6.56. The quantitative estimate of drug-likeness (QED) is 0.788. The van der Waals surface area contributed by atoms with E-state index in [9.17, 15) is 0 Å². The SMILES string of the molecule is ClCCN(c1ncc(Cl)cc1Br)C1CC1. The zero-order chi connectivity index (χ0) is 10.8. The van der Waals surface area contributed by atoms with Gasteiger partial charge in [0.05, 0.1) is 9.50 Å². The molecule has 1 aromatic heterocycles. The first-order valence-electron chi connectivity index (χ1n) is 4.86. The smallest absolute Gasteiger partial charge is 0.143 e. The van der Waals surface area contributed by atoms with Crippen LogP contribution in [0.15, 0.2) is 16.7 Å². The van der Waals surface area contributed by atoms with Crippen LogP contribution in [0.3, 0.4) is 0 Å². The molecule has 0 aliphatic heterocycles. The van der Waals surface area contributed by atoms with Crippen molar-refractivity contribution in [2.24, 2.45) is 0 Å². The predicted octanol–water partition coefficient (Wildman–Crippen LogP) is 3.71. The first kappa shape index (κ1) is 11.5. The van der Waals surface area contributed by atoms with Crippen LogP contribution in [0.1, 0.15) is 12.8 Å². The topological polar surface area (TPSA) is 16.1 Å². The van der Waals surface area contributed by atoms with Crippen molar-refractivity contribution in [1.29, 1.82) is 0 Å². The summed E-state index contributed by atoms with van der Waals surface area (Å²) in [5.41, 5.74) is 0. The Hall–Kier alpha value is 0.01000. The molecule has 1 aliphatic carbocycles. The Morgan fingerprint density at radius 2 is 2.27 bits per heavy atom. The van der Waals surface area contributed by atoms with Gasteiger partial charge in [-0.25, -0.2) is 4.98 Å². The summed E-state index contributed by atoms with van der Waals surface area (Å²) in [6.45, 7) is 0.833. The van der Waals surface area contributed by atoms with Gasteiger partial charge in [-0.05, 0) is 34.8 Å². The minimum atomic E-state index is 0.605. The number of pyridine rings is 1. The molecule has 1 aromatic rings. The molecule has 1 fully saturated rings. The van der Waals surface area contributed by atoms with Crippen LogP contribution < -0.4 is 4.90 Å². The van der Waals surface area contributed by atoms with E-state index >= 15 is 0 Å². The van der Waals surface area contributed by atoms with E-state index in [-0.39, 0.29) is 0 Å². The van der Waals surface area contributed by atoms with Gasteiger partial charge in [-0.15, -0.1) is 11.6 Å². The van der Waals surface area contributed by atoms with Gasteiger partial charge >= 0.3 is 0 Å². The van der Waals surface area contributed by atoms with E-state index in [2.05, 4.69) is 25.8 Å². The Morgan fingerprint density at radius 3 is 2.80 bits per heavy atom. The monoisotopic (exact) mass is 308 g/mol. The third kappa shape index (κ3) is 2.77. The van der Waals surface area contributed by atoms with Crippen LogP contribution in [-0.4, -0.2) is 23.5 Å². The summed E-state index contributed by atoms with van der Waals surface area (Å²) in [6, 6.07) is 2.47. The fourth-order valence-corrected chi connectivity index (χ4v) is 2.61. The molecule has 0 radical (unpaired) electrons. The molecule has 0 aromatic carbocycles. The van der Waals surface area contributed by atoms with Gasteiger partial charge in [-0.1, -0.05) is 11.6 Å². The minimum Gasteiger partial charge on any atom is -0.352 e. The summed E-state index contributed by atoms with van der Waals surface area (Å²) >= 11 is 15.1. The molecule has 0 bridgehead atoms. The third-order valence-corrected chi connectivity index (χ3v) is 3.33. The predicted molar refractivity (Wildman–Crippen MR) is 68.0 cm³/mol. The van der Waals surface area contributed by atoms with Gasteiger partial charge in [-0.3, -0.25) is 0 Å². The van der Waals surface area contributed by atoms with Gasteiger partial charge in [0, 0.05) is 24.7 Å². The van der Waals surface area contributed by atoms with Crippen molar-refractivity contribution in [3.63, 3.8) is 0 Å². The van der Waals surface area contributed by atoms with E-state index in [1.165, 1.54) is 12.8 Å². The maximum atomic E-state index is 5.86. The number of hydrogen-bond acceptors (Lipinski definition) is 2. The van der Waals surface area contributed by atoms with Crippen molar-refractivity contribution in [2.45, 2.75) is 18.9 Å². The summed E-state index contributed by atoms with van der Waals surface area (Å²) in [4.78, 5) is 6.59. The van der Waals surface area contributed by atoms with Gasteiger partial charge in [0.2, 0.25) is 0 Å². The number of rotatable bonds is 4. The van der Waals surface area contributed by atoms with E-state index in [1.54, 1.807) is 6.20 Å². The van der Waals surface area contributed by atoms with Gasteiger partial charge in [0.25, 0.3) is 0 Å². The van der Waals surface area contributed by atoms with Crippen molar-refractivity contribution in [3.05, 3.63) is 21.8 Å². The van der Waals surface area contributed by atoms with Gasteiger partial charge < -0.3 is 4.90 Å². The summed E-state index contributed by atoms with van der Waals surface area (Å²) in [6.07, 6.45) is 4.13. The van der Waals surface area contributed by atoms with Crippen molar-refractivity contribution < 1.29 is 0 Å². The number of alkyl halides is 1. The Kier molecular flexibility index (Phi) is 3.75. The molecule has 0 saturated heterocycles. The molecule has 1 heterocycles. The average Bonchev–Trinajstić information content (AvgIpc) is 2.98. The van der Waals surface area contributed by atoms with Crippen molar-refractivity contribution in [1.82, 2.24) is 4.98 Å². The molecule has 1 saturated carbocycles. The molecular formula is C10H11BrCl2N2. The standard InChI is InChI=1S/C10H11BrCl2N2/c11-9-5-7(13)6-14-10(9)15(4-3-12)8-1-2-8/h5-6,8H,1-4H2. The van der Waals surface area contributed by atoms with Crippen LogP contribution in [0.2, 0.25) is 5.02 Å². The fourth-order valence-electron chi connectivity index (χ4n) is 1.56. The molecule has 0 atom stereocenters. The van der Waals surface area contributed by atoms with Crippen molar-refractivity contribution >= 4 is 44.9 Å². The molecule has 5 heteroatoms. The molecule has 0 N–H and O–H groups in total. The highest BCUT2D eigenvalue weighted by atomic mass is 79.9. The second-order valence-corrected chi connectivity index (χ2v) is 5.24. The highest BCUT2D eigenvalue weighted by Crippen LogP contribution is 2.35. The lowest BCUT2D eigenvalue weighted by molar-refractivity contribution is 0.809. The minimum absolute atomic E-state index is 0.605. The molecule has 0 amide bonds. The molecule has 2 rings (SSSR count). The van der Waals surface area contributed by atoms with Gasteiger partial charge in [-0.2, -0.15) is 0 Å². The fraction of sp³-hybridized carbons (Fsp3) is 0.500. The van der Waals surface area contributed by atoms with Crippen LogP contribution in [-0.2, 0) is 0 Å². The second-order valence-electron chi connectivity index (χ2n) is 3.57. The molecule has 0 unspecified atom stereocenters. The number of halogens is 3. The maximum absolute atomic E-state index is 5.86. The Labute approximate surface area is 108 Å². The Balaban J connectivity index is 2.24. The number of anilines is 1. The number of hydrogen-bond donors (Lipinski definition) is 0. The molecule has 82 valence electrons. The maximum Gasteiger partial charge on any atom is 0.143 e. The number of aromatic nitrogens is 1. The van der Waals surface area contributed by atoms with E-state index in [0.717, 1.165) is 16.8 Å². The summed E-state index contributed by atoms with van der Waals surface area (Å²) in [5, 5.41) is 0.646. The Morgan fingerprint density at radius 1 is 1.53 bits per heavy atom. The first-order chi connectivity index (χ1) is 7.22. The Bertz CT molecular complexity index is 355. The largest absolute Gasteiger partial charge is 0.352 e. The molecule has 15 heavy (non-hydrogen) atoms. The van der Waals surface area contributed by atoms with Gasteiger partial charge in [0.1, 0.15) is 5.82 Å². The summed E-state index contributed by atoms with van der Waals surface area (Å²) in [5.74, 6) is 1.57. The normalized spacial score (nSPS) is 15.4. The lowest BCUT2D eigenvalue weighted by Gasteiger charge is -2.23. The number of nitrogens with zero attached hydrogens (tertiary/aromatic N) is 2. The molecule has 1 aliphatic rings. The van der Waals surface area contributed by atoms with Crippen molar-refractivity contribution in [3.8, 4) is 0 Å². The molecule has 0 spiro atoms. The summed E-state index contributed by atoms with van der Waals surface area (Å²) in [7, 11) is 0. The molecular weight excluding hydrogens is 299 g/mol.